The molecule has 3 aliphatic rings. The fourth-order valence-electron chi connectivity index (χ4n) is 5.32. The molecule has 34 heavy (non-hydrogen) atoms. The fraction of sp³-hybridized carbons (Fsp3) is 0.731. The fourth-order valence-corrected chi connectivity index (χ4v) is 6.16. The van der Waals surface area contributed by atoms with Crippen LogP contribution in [-0.4, -0.2) is 64.8 Å². The zero-order valence-electron chi connectivity index (χ0n) is 20.2. The first-order valence-electron chi connectivity index (χ1n) is 11.7. The summed E-state index contributed by atoms with van der Waals surface area (Å²) in [5.41, 5.74) is 1.44. The highest BCUT2D eigenvalue weighted by atomic mass is 35.5. The summed E-state index contributed by atoms with van der Waals surface area (Å²) in [6, 6.07) is -0.117. The Bertz CT molecular complexity index is 727. The number of halogens is 2. The summed E-state index contributed by atoms with van der Waals surface area (Å²) in [7, 11) is 0. The number of likely N-dealkylation sites (tertiary alicyclic amines) is 1. The summed E-state index contributed by atoms with van der Waals surface area (Å²) >= 11 is 14.2. The van der Waals surface area contributed by atoms with Gasteiger partial charge in [0, 0.05) is 24.7 Å². The number of alkyl halides is 1. The summed E-state index contributed by atoms with van der Waals surface area (Å²) < 4.78 is 0. The highest BCUT2D eigenvalue weighted by Crippen LogP contribution is 2.43. The van der Waals surface area contributed by atoms with Gasteiger partial charge in [0.1, 0.15) is 0 Å². The molecule has 0 aromatic carbocycles. The molecular weight excluding hydrogens is 491 g/mol. The molecule has 0 saturated carbocycles. The third-order valence-electron chi connectivity index (χ3n) is 7.15. The summed E-state index contributed by atoms with van der Waals surface area (Å²) in [4.78, 5) is 15.6. The lowest BCUT2D eigenvalue weighted by molar-refractivity contribution is -0.138. The Morgan fingerprint density at radius 3 is 2.50 bits per heavy atom. The maximum atomic E-state index is 13.5. The van der Waals surface area contributed by atoms with Gasteiger partial charge < -0.3 is 21.2 Å². The molecule has 1 amide bonds. The summed E-state index contributed by atoms with van der Waals surface area (Å²) in [5, 5.41) is 4.68. The monoisotopic (exact) mass is 536 g/mol. The van der Waals surface area contributed by atoms with E-state index in [0.717, 1.165) is 68.9 Å². The SMILES string of the molecule is C.CSCC[C@@H](NCC1=CC=C(Cl)CC1)C(=O)N1CCC(C2C=CC(Cl)CC2)C(C)(C)C1.O.O. The van der Waals surface area contributed by atoms with Crippen LogP contribution in [0.2, 0.25) is 0 Å². The minimum Gasteiger partial charge on any atom is -0.412 e. The molecule has 0 spiro atoms. The second-order valence-electron chi connectivity index (χ2n) is 9.94. The first kappa shape index (κ1) is 33.5. The maximum absolute atomic E-state index is 13.5. The number of carbonyl (C=O) groups excluding carboxylic acids is 1. The van der Waals surface area contributed by atoms with E-state index >= 15 is 0 Å². The van der Waals surface area contributed by atoms with Gasteiger partial charge in [-0.1, -0.05) is 56.7 Å². The van der Waals surface area contributed by atoms with Crippen LogP contribution in [0.15, 0.2) is 34.9 Å². The van der Waals surface area contributed by atoms with E-state index in [-0.39, 0.29) is 41.1 Å². The molecular formula is C26H46Cl2N2O3S. The van der Waals surface area contributed by atoms with Crippen LogP contribution in [0.3, 0.4) is 0 Å². The van der Waals surface area contributed by atoms with Crippen LogP contribution in [-0.2, 0) is 4.79 Å². The molecule has 198 valence electrons. The highest BCUT2D eigenvalue weighted by Gasteiger charge is 2.42. The van der Waals surface area contributed by atoms with Crippen LogP contribution in [0.4, 0.5) is 0 Å². The molecule has 1 heterocycles. The molecule has 1 saturated heterocycles. The maximum Gasteiger partial charge on any atom is 0.239 e. The Morgan fingerprint density at radius 1 is 1.21 bits per heavy atom. The molecule has 5 N–H and O–H groups in total. The van der Waals surface area contributed by atoms with Gasteiger partial charge in [0.05, 0.1) is 11.4 Å². The van der Waals surface area contributed by atoms with Crippen molar-refractivity contribution in [3.05, 3.63) is 34.9 Å². The van der Waals surface area contributed by atoms with Crippen LogP contribution < -0.4 is 5.32 Å². The summed E-state index contributed by atoms with van der Waals surface area (Å²) in [6.45, 7) is 7.14. The Kier molecular flexibility index (Phi) is 15.3. The smallest absolute Gasteiger partial charge is 0.239 e. The van der Waals surface area contributed by atoms with Crippen molar-refractivity contribution >= 4 is 40.9 Å². The molecule has 5 nitrogen and oxygen atoms in total. The molecule has 4 atom stereocenters. The number of amides is 1. The van der Waals surface area contributed by atoms with Crippen molar-refractivity contribution in [1.29, 1.82) is 0 Å². The average molecular weight is 538 g/mol. The normalized spacial score (nSPS) is 26.7. The Morgan fingerprint density at radius 2 is 1.94 bits per heavy atom. The van der Waals surface area contributed by atoms with Crippen molar-refractivity contribution in [2.45, 2.75) is 71.2 Å². The molecule has 2 aliphatic carbocycles. The number of nitrogens with zero attached hydrogens (tertiary/aromatic N) is 1. The van der Waals surface area contributed by atoms with E-state index in [0.29, 0.717) is 11.8 Å². The second-order valence-corrected chi connectivity index (χ2v) is 12.0. The van der Waals surface area contributed by atoms with Crippen LogP contribution in [0, 0.1) is 17.3 Å². The van der Waals surface area contributed by atoms with Gasteiger partial charge in [0.25, 0.3) is 0 Å². The van der Waals surface area contributed by atoms with Crippen molar-refractivity contribution in [2.24, 2.45) is 17.3 Å². The minimum absolute atomic E-state index is 0. The number of piperidine rings is 1. The standard InChI is InChI=1S/C25H38Cl2N2OS.CH4.2H2O/c1-25(2)17-29(14-12-22(25)19-6-10-21(27)11-7-19)24(30)23(13-15-31-3)28-16-18-4-8-20(26)9-5-18;;;/h4,6,8,10,19,21-23,28H,5,7,9,11-17H2,1-3H3;1H4;2*1H2/t19?,21?,22?,23-;;;/m1.../s1. The van der Waals surface area contributed by atoms with E-state index in [9.17, 15) is 4.79 Å². The van der Waals surface area contributed by atoms with E-state index < -0.39 is 0 Å². The Hall–Kier alpha value is -0.500. The lowest BCUT2D eigenvalue weighted by atomic mass is 9.65. The predicted molar refractivity (Wildman–Crippen MR) is 150 cm³/mol. The van der Waals surface area contributed by atoms with Gasteiger partial charge >= 0.3 is 0 Å². The van der Waals surface area contributed by atoms with Gasteiger partial charge in [0.15, 0.2) is 0 Å². The number of allylic oxidation sites excluding steroid dienone is 5. The molecule has 1 aliphatic heterocycles. The van der Waals surface area contributed by atoms with Crippen molar-refractivity contribution in [3.63, 3.8) is 0 Å². The molecule has 0 aromatic rings. The van der Waals surface area contributed by atoms with Crippen LogP contribution in [0.5, 0.6) is 0 Å². The van der Waals surface area contributed by atoms with Gasteiger partial charge in [-0.05, 0) is 73.9 Å². The van der Waals surface area contributed by atoms with Crippen molar-refractivity contribution in [1.82, 2.24) is 10.2 Å². The van der Waals surface area contributed by atoms with Gasteiger partial charge in [-0.25, -0.2) is 0 Å². The predicted octanol–water partition coefficient (Wildman–Crippen LogP) is 4.98. The van der Waals surface area contributed by atoms with Gasteiger partial charge in [-0.3, -0.25) is 4.79 Å². The number of nitrogens with one attached hydrogen (secondary N) is 1. The largest absolute Gasteiger partial charge is 0.412 e. The average Bonchev–Trinajstić information content (AvgIpc) is 2.75. The molecule has 8 heteroatoms. The molecule has 0 aromatic heterocycles. The topological polar surface area (TPSA) is 95.3 Å². The highest BCUT2D eigenvalue weighted by molar-refractivity contribution is 7.98. The van der Waals surface area contributed by atoms with Crippen LogP contribution in [0.1, 0.15) is 59.8 Å². The number of rotatable bonds is 8. The van der Waals surface area contributed by atoms with E-state index in [1.807, 2.05) is 6.08 Å². The molecule has 1 fully saturated rings. The number of hydrogen-bond acceptors (Lipinski definition) is 3. The Labute approximate surface area is 221 Å². The lowest BCUT2D eigenvalue weighted by Gasteiger charge is -2.48. The van der Waals surface area contributed by atoms with Gasteiger partial charge in [-0.15, -0.1) is 11.6 Å². The van der Waals surface area contributed by atoms with Crippen molar-refractivity contribution in [3.8, 4) is 0 Å². The van der Waals surface area contributed by atoms with E-state index in [1.165, 1.54) is 5.57 Å². The minimum atomic E-state index is -0.117. The summed E-state index contributed by atoms with van der Waals surface area (Å²) in [6.07, 6.45) is 16.8. The lowest BCUT2D eigenvalue weighted by Crippen LogP contribution is -2.55. The van der Waals surface area contributed by atoms with E-state index in [1.54, 1.807) is 11.8 Å². The third kappa shape index (κ3) is 9.18. The van der Waals surface area contributed by atoms with Crippen molar-refractivity contribution in [2.75, 3.05) is 31.6 Å². The van der Waals surface area contributed by atoms with Gasteiger partial charge in [0.2, 0.25) is 5.91 Å². The van der Waals surface area contributed by atoms with Crippen LogP contribution in [0.25, 0.3) is 0 Å². The molecule has 0 radical (unpaired) electrons. The zero-order valence-corrected chi connectivity index (χ0v) is 22.5. The number of thioether (sulfide) groups is 1. The van der Waals surface area contributed by atoms with Crippen LogP contribution >= 0.6 is 35.0 Å². The van der Waals surface area contributed by atoms with E-state index in [2.05, 4.69) is 48.5 Å². The number of carbonyl (C=O) groups is 1. The second kappa shape index (κ2) is 15.6. The molecule has 3 rings (SSSR count). The van der Waals surface area contributed by atoms with Gasteiger partial charge in [-0.2, -0.15) is 11.8 Å². The molecule has 0 bridgehead atoms. The first-order chi connectivity index (χ1) is 14.8. The van der Waals surface area contributed by atoms with E-state index in [4.69, 9.17) is 23.2 Å². The zero-order chi connectivity index (χ0) is 22.4. The number of hydrogen-bond donors (Lipinski definition) is 1. The molecule has 3 unspecified atom stereocenters. The quantitative estimate of drug-likeness (QED) is 0.350. The Balaban J connectivity index is 0.00000363. The van der Waals surface area contributed by atoms with Crippen molar-refractivity contribution < 1.29 is 15.7 Å². The third-order valence-corrected chi connectivity index (χ3v) is 8.48. The summed E-state index contributed by atoms with van der Waals surface area (Å²) in [5.74, 6) is 2.45. The first-order valence-corrected chi connectivity index (χ1v) is 13.9.